The van der Waals surface area contributed by atoms with Gasteiger partial charge in [0.05, 0.1) is 17.7 Å². The molecule has 2 atom stereocenters. The van der Waals surface area contributed by atoms with Gasteiger partial charge in [-0.15, -0.1) is 0 Å². The van der Waals surface area contributed by atoms with E-state index in [-0.39, 0.29) is 12.5 Å². The smallest absolute Gasteiger partial charge is 0.252 e. The largest absolute Gasteiger partial charge is 0.349 e. The van der Waals surface area contributed by atoms with Crippen LogP contribution in [0.25, 0.3) is 0 Å². The fraction of sp³-hybridized carbons (Fsp3) is 0.467. The van der Waals surface area contributed by atoms with E-state index >= 15 is 0 Å². The lowest BCUT2D eigenvalue weighted by molar-refractivity contribution is 0.0948. The molecule has 4 heteroatoms. The quantitative estimate of drug-likeness (QED) is 0.799. The normalized spacial score (nSPS) is 20.3. The Labute approximate surface area is 113 Å². The number of hydrogen-bond acceptors (Lipinski definition) is 3. The molecule has 0 radical (unpaired) electrons. The molecule has 0 saturated heterocycles. The molecule has 1 aliphatic rings. The van der Waals surface area contributed by atoms with Gasteiger partial charge in [0.2, 0.25) is 0 Å². The topological polar surface area (TPSA) is 68.0 Å². The number of amides is 1. The summed E-state index contributed by atoms with van der Waals surface area (Å²) in [5, 5.41) is 3.06. The molecule has 4 nitrogen and oxygen atoms in total. The van der Waals surface area contributed by atoms with Crippen molar-refractivity contribution in [2.24, 2.45) is 11.7 Å². The summed E-state index contributed by atoms with van der Waals surface area (Å²) in [4.78, 5) is 16.2. The molecule has 2 unspecified atom stereocenters. The molecule has 0 aliphatic heterocycles. The van der Waals surface area contributed by atoms with Crippen LogP contribution in [0.15, 0.2) is 18.5 Å². The van der Waals surface area contributed by atoms with Crippen molar-refractivity contribution in [3.8, 4) is 11.8 Å². The lowest BCUT2D eigenvalue weighted by Gasteiger charge is -2.06. The number of carbonyl (C=O) groups excluding carboxylic acids is 1. The number of pyridine rings is 1. The van der Waals surface area contributed by atoms with Gasteiger partial charge in [-0.05, 0) is 24.8 Å². The minimum atomic E-state index is -0.0627. The van der Waals surface area contributed by atoms with E-state index in [1.165, 1.54) is 12.8 Å². The van der Waals surface area contributed by atoms with Crippen LogP contribution in [0.2, 0.25) is 0 Å². The molecule has 1 fully saturated rings. The first kappa shape index (κ1) is 13.6. The summed E-state index contributed by atoms with van der Waals surface area (Å²) < 4.78 is 0. The highest BCUT2D eigenvalue weighted by atomic mass is 16.1. The summed E-state index contributed by atoms with van der Waals surface area (Å²) in [6, 6.07) is 2.03. The van der Waals surface area contributed by atoms with E-state index in [1.54, 1.807) is 18.5 Å². The highest BCUT2D eigenvalue weighted by Crippen LogP contribution is 2.34. The van der Waals surface area contributed by atoms with Crippen molar-refractivity contribution in [1.82, 2.24) is 10.3 Å². The minimum Gasteiger partial charge on any atom is -0.349 e. The lowest BCUT2D eigenvalue weighted by atomic mass is 10.1. The van der Waals surface area contributed by atoms with E-state index < -0.39 is 0 Å². The van der Waals surface area contributed by atoms with Crippen LogP contribution in [-0.2, 0) is 0 Å². The molecule has 0 aromatic carbocycles. The minimum absolute atomic E-state index is 0.0627. The van der Waals surface area contributed by atoms with Crippen LogP contribution in [0.1, 0.15) is 42.1 Å². The Morgan fingerprint density at radius 2 is 2.47 bits per heavy atom. The molecule has 1 aromatic rings. The number of nitrogens with one attached hydrogen (secondary N) is 1. The van der Waals surface area contributed by atoms with Gasteiger partial charge >= 0.3 is 0 Å². The number of aromatic nitrogens is 1. The molecule has 0 bridgehead atoms. The average molecular weight is 257 g/mol. The van der Waals surface area contributed by atoms with Gasteiger partial charge in [-0.25, -0.2) is 0 Å². The fourth-order valence-electron chi connectivity index (χ4n) is 2.20. The maximum Gasteiger partial charge on any atom is 0.252 e. The second-order valence-electron chi connectivity index (χ2n) is 4.79. The van der Waals surface area contributed by atoms with Crippen LogP contribution < -0.4 is 11.1 Å². The van der Waals surface area contributed by atoms with Crippen LogP contribution in [0.4, 0.5) is 0 Å². The van der Waals surface area contributed by atoms with Gasteiger partial charge < -0.3 is 11.1 Å². The number of carbonyl (C=O) groups is 1. The number of nitrogens with zero attached hydrogens (tertiary/aromatic N) is 1. The zero-order valence-electron chi connectivity index (χ0n) is 11.1. The third kappa shape index (κ3) is 3.55. The Hall–Kier alpha value is -1.86. The van der Waals surface area contributed by atoms with Crippen molar-refractivity contribution >= 4 is 5.91 Å². The van der Waals surface area contributed by atoms with Gasteiger partial charge in [0.15, 0.2) is 0 Å². The molecule has 1 aromatic heterocycles. The monoisotopic (exact) mass is 257 g/mol. The molecule has 19 heavy (non-hydrogen) atoms. The molecule has 1 aliphatic carbocycles. The number of nitrogens with two attached hydrogens (primary N) is 1. The zero-order valence-corrected chi connectivity index (χ0v) is 11.1. The highest BCUT2D eigenvalue weighted by Gasteiger charge is 2.37. The summed E-state index contributed by atoms with van der Waals surface area (Å²) in [5.41, 5.74) is 6.57. The standard InChI is InChI=1S/C15H19N3O/c1-2-4-11-9-14(11)18-15(19)13-6-8-17-10-12(13)5-3-7-16/h6,8,10-11,14H,2,4,7,9,16H2,1H3,(H,18,19). The number of rotatable bonds is 4. The van der Waals surface area contributed by atoms with Crippen molar-refractivity contribution in [2.75, 3.05) is 6.54 Å². The van der Waals surface area contributed by atoms with E-state index in [0.29, 0.717) is 23.1 Å². The van der Waals surface area contributed by atoms with Gasteiger partial charge in [-0.1, -0.05) is 25.2 Å². The Morgan fingerprint density at radius 3 is 3.21 bits per heavy atom. The summed E-state index contributed by atoms with van der Waals surface area (Å²) in [6.45, 7) is 2.44. The van der Waals surface area contributed by atoms with E-state index in [2.05, 4.69) is 29.1 Å². The molecular weight excluding hydrogens is 238 g/mol. The van der Waals surface area contributed by atoms with Gasteiger partial charge in [0.25, 0.3) is 5.91 Å². The van der Waals surface area contributed by atoms with Crippen molar-refractivity contribution in [2.45, 2.75) is 32.2 Å². The highest BCUT2D eigenvalue weighted by molar-refractivity contribution is 5.96. The molecule has 1 saturated carbocycles. The second kappa shape index (κ2) is 6.35. The summed E-state index contributed by atoms with van der Waals surface area (Å²) >= 11 is 0. The van der Waals surface area contributed by atoms with Crippen molar-refractivity contribution in [3.05, 3.63) is 29.6 Å². The van der Waals surface area contributed by atoms with Crippen molar-refractivity contribution < 1.29 is 4.79 Å². The van der Waals surface area contributed by atoms with Crippen LogP contribution >= 0.6 is 0 Å². The number of hydrogen-bond donors (Lipinski definition) is 2. The average Bonchev–Trinajstić information content (AvgIpc) is 3.15. The third-order valence-corrected chi connectivity index (χ3v) is 3.29. The molecule has 3 N–H and O–H groups in total. The van der Waals surface area contributed by atoms with E-state index in [4.69, 9.17) is 5.73 Å². The molecule has 100 valence electrons. The van der Waals surface area contributed by atoms with Crippen LogP contribution in [0.5, 0.6) is 0 Å². The van der Waals surface area contributed by atoms with Crippen LogP contribution in [-0.4, -0.2) is 23.5 Å². The zero-order chi connectivity index (χ0) is 13.7. The summed E-state index contributed by atoms with van der Waals surface area (Å²) in [5.74, 6) is 6.23. The van der Waals surface area contributed by atoms with Crippen LogP contribution in [0.3, 0.4) is 0 Å². The maximum atomic E-state index is 12.2. The Bertz CT molecular complexity index is 516. The first-order valence-corrected chi connectivity index (χ1v) is 6.70. The summed E-state index contributed by atoms with van der Waals surface area (Å²) in [7, 11) is 0. The van der Waals surface area contributed by atoms with E-state index in [0.717, 1.165) is 6.42 Å². The maximum absolute atomic E-state index is 12.2. The fourth-order valence-corrected chi connectivity index (χ4v) is 2.20. The first-order valence-electron chi connectivity index (χ1n) is 6.70. The van der Waals surface area contributed by atoms with E-state index in [9.17, 15) is 4.79 Å². The lowest BCUT2D eigenvalue weighted by Crippen LogP contribution is -2.27. The molecular formula is C15H19N3O. The predicted molar refractivity (Wildman–Crippen MR) is 74.4 cm³/mol. The molecule has 1 amide bonds. The Kier molecular flexibility index (Phi) is 4.53. The first-order chi connectivity index (χ1) is 9.26. The van der Waals surface area contributed by atoms with Gasteiger partial charge in [-0.3, -0.25) is 9.78 Å². The second-order valence-corrected chi connectivity index (χ2v) is 4.79. The SMILES string of the molecule is CCCC1CC1NC(=O)c1ccncc1C#CCN. The Morgan fingerprint density at radius 1 is 1.63 bits per heavy atom. The third-order valence-electron chi connectivity index (χ3n) is 3.29. The van der Waals surface area contributed by atoms with Gasteiger partial charge in [0.1, 0.15) is 0 Å². The van der Waals surface area contributed by atoms with Crippen molar-refractivity contribution in [3.63, 3.8) is 0 Å². The molecule has 1 heterocycles. The van der Waals surface area contributed by atoms with Gasteiger partial charge in [-0.2, -0.15) is 0 Å². The van der Waals surface area contributed by atoms with E-state index in [1.807, 2.05) is 0 Å². The van der Waals surface area contributed by atoms with Crippen LogP contribution in [0, 0.1) is 17.8 Å². The molecule has 0 spiro atoms. The van der Waals surface area contributed by atoms with Crippen molar-refractivity contribution in [1.29, 1.82) is 0 Å². The summed E-state index contributed by atoms with van der Waals surface area (Å²) in [6.07, 6.45) is 6.65. The molecule has 2 rings (SSSR count). The predicted octanol–water partition coefficient (Wildman–Crippen LogP) is 1.31. The Balaban J connectivity index is 2.03. The van der Waals surface area contributed by atoms with Gasteiger partial charge in [0, 0.05) is 18.4 Å².